The molecule has 0 aromatic heterocycles. The van der Waals surface area contributed by atoms with E-state index in [0.29, 0.717) is 12.4 Å². The molecule has 20 heavy (non-hydrogen) atoms. The molecule has 0 aliphatic carbocycles. The summed E-state index contributed by atoms with van der Waals surface area (Å²) in [4.78, 5) is 11.5. The highest BCUT2D eigenvalue weighted by molar-refractivity contribution is 9.10. The van der Waals surface area contributed by atoms with Crippen LogP contribution in [0.3, 0.4) is 0 Å². The van der Waals surface area contributed by atoms with Gasteiger partial charge in [0, 0.05) is 0 Å². The topological polar surface area (TPSA) is 35.5 Å². The van der Waals surface area contributed by atoms with Gasteiger partial charge in [0.2, 0.25) is 0 Å². The summed E-state index contributed by atoms with van der Waals surface area (Å²) >= 11 is 3.52. The van der Waals surface area contributed by atoms with E-state index in [4.69, 9.17) is 9.47 Å². The fourth-order valence-corrected chi connectivity index (χ4v) is 2.44. The molecule has 0 amide bonds. The minimum absolute atomic E-state index is 0.0688. The molecule has 3 nitrogen and oxygen atoms in total. The van der Waals surface area contributed by atoms with Crippen LogP contribution < -0.4 is 4.74 Å². The number of hydrogen-bond donors (Lipinski definition) is 0. The normalized spacial score (nSPS) is 10.5. The smallest absolute Gasteiger partial charge is 0.344 e. The third-order valence-corrected chi connectivity index (χ3v) is 3.75. The molecule has 0 unspecified atom stereocenters. The van der Waals surface area contributed by atoms with Crippen molar-refractivity contribution in [1.82, 2.24) is 0 Å². The van der Waals surface area contributed by atoms with Gasteiger partial charge < -0.3 is 9.47 Å². The average Bonchev–Trinajstić information content (AvgIpc) is 2.47. The van der Waals surface area contributed by atoms with Crippen LogP contribution >= 0.6 is 15.9 Å². The molecule has 0 bridgehead atoms. The van der Waals surface area contributed by atoms with Crippen LogP contribution in [0.5, 0.6) is 5.75 Å². The van der Waals surface area contributed by atoms with Gasteiger partial charge in [0.1, 0.15) is 5.75 Å². The van der Waals surface area contributed by atoms with Gasteiger partial charge in [0.15, 0.2) is 6.61 Å². The predicted octanol–water partition coefficient (Wildman–Crippen LogP) is 4.32. The van der Waals surface area contributed by atoms with E-state index in [1.807, 2.05) is 36.4 Å². The predicted molar refractivity (Wildman–Crippen MR) is 83.0 cm³/mol. The van der Waals surface area contributed by atoms with Crippen molar-refractivity contribution >= 4 is 32.7 Å². The second-order valence-electron chi connectivity index (χ2n) is 4.46. The van der Waals surface area contributed by atoms with Crippen molar-refractivity contribution in [2.75, 3.05) is 13.2 Å². The second-order valence-corrected chi connectivity index (χ2v) is 5.25. The molecule has 0 spiro atoms. The van der Waals surface area contributed by atoms with E-state index in [1.165, 1.54) is 0 Å². The molecule has 2 rings (SSSR count). The molecule has 0 heterocycles. The van der Waals surface area contributed by atoms with Crippen molar-refractivity contribution in [3.63, 3.8) is 0 Å². The highest BCUT2D eigenvalue weighted by Crippen LogP contribution is 2.32. The van der Waals surface area contributed by atoms with Crippen molar-refractivity contribution < 1.29 is 14.3 Å². The van der Waals surface area contributed by atoms with Gasteiger partial charge in [-0.3, -0.25) is 0 Å². The number of carbonyl (C=O) groups excluding carboxylic acids is 1. The second kappa shape index (κ2) is 7.29. The maximum atomic E-state index is 11.5. The molecule has 0 aliphatic heterocycles. The standard InChI is InChI=1S/C16H17BrO3/c1-2-3-10-19-15(18)11-20-14-9-8-12-6-4-5-7-13(12)16(14)17/h4-9H,2-3,10-11H2,1H3. The number of carbonyl (C=O) groups is 1. The van der Waals surface area contributed by atoms with Crippen LogP contribution in [0.2, 0.25) is 0 Å². The largest absolute Gasteiger partial charge is 0.481 e. The number of esters is 1. The molecule has 0 N–H and O–H groups in total. The van der Waals surface area contributed by atoms with Gasteiger partial charge in [-0.15, -0.1) is 0 Å². The van der Waals surface area contributed by atoms with E-state index in [0.717, 1.165) is 28.1 Å². The number of benzene rings is 2. The van der Waals surface area contributed by atoms with Crippen molar-refractivity contribution in [2.45, 2.75) is 19.8 Å². The van der Waals surface area contributed by atoms with Crippen LogP contribution in [0, 0.1) is 0 Å². The first-order valence-corrected chi connectivity index (χ1v) is 7.47. The zero-order chi connectivity index (χ0) is 14.4. The van der Waals surface area contributed by atoms with Crippen LogP contribution in [0.25, 0.3) is 10.8 Å². The highest BCUT2D eigenvalue weighted by atomic mass is 79.9. The van der Waals surface area contributed by atoms with Crippen molar-refractivity contribution in [1.29, 1.82) is 0 Å². The quantitative estimate of drug-likeness (QED) is 0.582. The summed E-state index contributed by atoms with van der Waals surface area (Å²) in [6.07, 6.45) is 1.88. The maximum absolute atomic E-state index is 11.5. The number of unbranched alkanes of at least 4 members (excludes halogenated alkanes) is 1. The Bertz CT molecular complexity index is 595. The third kappa shape index (κ3) is 3.73. The molecule has 4 heteroatoms. The van der Waals surface area contributed by atoms with Gasteiger partial charge in [0.05, 0.1) is 11.1 Å². The van der Waals surface area contributed by atoms with Crippen LogP contribution in [0.15, 0.2) is 40.9 Å². The number of hydrogen-bond acceptors (Lipinski definition) is 3. The Morgan fingerprint density at radius 2 is 2.00 bits per heavy atom. The Balaban J connectivity index is 2.00. The Morgan fingerprint density at radius 3 is 2.80 bits per heavy atom. The minimum Gasteiger partial charge on any atom is -0.481 e. The molecule has 106 valence electrons. The summed E-state index contributed by atoms with van der Waals surface area (Å²) in [5.74, 6) is 0.314. The lowest BCUT2D eigenvalue weighted by Gasteiger charge is -2.10. The summed E-state index contributed by atoms with van der Waals surface area (Å²) in [5.41, 5.74) is 0. The van der Waals surface area contributed by atoms with Crippen LogP contribution in [-0.4, -0.2) is 19.2 Å². The third-order valence-electron chi connectivity index (χ3n) is 2.93. The SMILES string of the molecule is CCCCOC(=O)COc1ccc2ccccc2c1Br. The van der Waals surface area contributed by atoms with Crippen molar-refractivity contribution in [3.05, 3.63) is 40.9 Å². The van der Waals surface area contributed by atoms with Gasteiger partial charge >= 0.3 is 5.97 Å². The molecule has 0 radical (unpaired) electrons. The first-order chi connectivity index (χ1) is 9.72. The van der Waals surface area contributed by atoms with E-state index in [2.05, 4.69) is 22.9 Å². The Labute approximate surface area is 127 Å². The average molecular weight is 337 g/mol. The lowest BCUT2D eigenvalue weighted by Crippen LogP contribution is -2.15. The monoisotopic (exact) mass is 336 g/mol. The Morgan fingerprint density at radius 1 is 1.20 bits per heavy atom. The molecule has 2 aromatic carbocycles. The summed E-state index contributed by atoms with van der Waals surface area (Å²) in [5, 5.41) is 2.18. The lowest BCUT2D eigenvalue weighted by atomic mass is 10.1. The van der Waals surface area contributed by atoms with Crippen molar-refractivity contribution in [3.8, 4) is 5.75 Å². The summed E-state index contributed by atoms with van der Waals surface area (Å²) in [6.45, 7) is 2.44. The summed E-state index contributed by atoms with van der Waals surface area (Å²) in [7, 11) is 0. The lowest BCUT2D eigenvalue weighted by molar-refractivity contribution is -0.146. The van der Waals surface area contributed by atoms with Crippen molar-refractivity contribution in [2.24, 2.45) is 0 Å². The molecule has 0 fully saturated rings. The minimum atomic E-state index is -0.335. The van der Waals surface area contributed by atoms with E-state index in [1.54, 1.807) is 0 Å². The van der Waals surface area contributed by atoms with Crippen LogP contribution in [0.4, 0.5) is 0 Å². The van der Waals surface area contributed by atoms with Crippen LogP contribution in [-0.2, 0) is 9.53 Å². The Hall–Kier alpha value is -1.55. The zero-order valence-electron chi connectivity index (χ0n) is 11.4. The first kappa shape index (κ1) is 14.9. The van der Waals surface area contributed by atoms with Gasteiger partial charge in [0.25, 0.3) is 0 Å². The van der Waals surface area contributed by atoms with Gasteiger partial charge in [-0.2, -0.15) is 0 Å². The molecular formula is C16H17BrO3. The molecule has 0 saturated carbocycles. The first-order valence-electron chi connectivity index (χ1n) is 6.68. The van der Waals surface area contributed by atoms with Crippen LogP contribution in [0.1, 0.15) is 19.8 Å². The number of ether oxygens (including phenoxy) is 2. The van der Waals surface area contributed by atoms with Gasteiger partial charge in [-0.25, -0.2) is 4.79 Å². The fraction of sp³-hybridized carbons (Fsp3) is 0.312. The Kier molecular flexibility index (Phi) is 5.41. The van der Waals surface area contributed by atoms with E-state index in [-0.39, 0.29) is 12.6 Å². The fourth-order valence-electron chi connectivity index (χ4n) is 1.83. The van der Waals surface area contributed by atoms with Gasteiger partial charge in [-0.1, -0.05) is 43.7 Å². The molecule has 0 aliphatic rings. The zero-order valence-corrected chi connectivity index (χ0v) is 13.0. The van der Waals surface area contributed by atoms with Gasteiger partial charge in [-0.05, 0) is 39.2 Å². The van der Waals surface area contributed by atoms with E-state index in [9.17, 15) is 4.79 Å². The number of fused-ring (bicyclic) bond motifs is 1. The molecule has 0 saturated heterocycles. The molecular weight excluding hydrogens is 320 g/mol. The van der Waals surface area contributed by atoms with E-state index < -0.39 is 0 Å². The molecule has 2 aromatic rings. The van der Waals surface area contributed by atoms with E-state index >= 15 is 0 Å². The number of rotatable bonds is 6. The number of halogens is 1. The molecule has 0 atom stereocenters. The summed E-state index contributed by atoms with van der Waals surface area (Å²) in [6, 6.07) is 11.8. The maximum Gasteiger partial charge on any atom is 0.344 e. The summed E-state index contributed by atoms with van der Waals surface area (Å²) < 4.78 is 11.4. The highest BCUT2D eigenvalue weighted by Gasteiger charge is 2.09.